The maximum Gasteiger partial charge on any atom is 0.509 e. The Bertz CT molecular complexity index is 684. The van der Waals surface area contributed by atoms with Crippen LogP contribution >= 0.6 is 11.6 Å². The molecule has 2 aromatic rings. The summed E-state index contributed by atoms with van der Waals surface area (Å²) in [7, 11) is 0. The highest BCUT2D eigenvalue weighted by Crippen LogP contribution is 2.33. The van der Waals surface area contributed by atoms with Crippen molar-refractivity contribution in [2.45, 2.75) is 12.2 Å². The number of benzene rings is 2. The Morgan fingerprint density at radius 1 is 1.00 bits per heavy atom. The molecule has 5 heteroatoms. The van der Waals surface area contributed by atoms with Crippen molar-refractivity contribution in [1.29, 1.82) is 0 Å². The van der Waals surface area contributed by atoms with Gasteiger partial charge in [0.05, 0.1) is 0 Å². The monoisotopic (exact) mass is 302 g/mol. The van der Waals surface area contributed by atoms with E-state index in [0.717, 1.165) is 0 Å². The first-order chi connectivity index (χ1) is 10.1. The van der Waals surface area contributed by atoms with Crippen LogP contribution in [0.5, 0.6) is 0 Å². The molecular formula is C16H11ClO4. The van der Waals surface area contributed by atoms with E-state index >= 15 is 0 Å². The van der Waals surface area contributed by atoms with Gasteiger partial charge in [0, 0.05) is 10.6 Å². The molecule has 1 heterocycles. The van der Waals surface area contributed by atoms with E-state index in [1.807, 2.05) is 6.07 Å². The molecule has 0 saturated carbocycles. The van der Waals surface area contributed by atoms with Gasteiger partial charge in [0.15, 0.2) is 6.10 Å². The van der Waals surface area contributed by atoms with E-state index in [9.17, 15) is 9.59 Å². The van der Waals surface area contributed by atoms with Gasteiger partial charge in [-0.15, -0.1) is 0 Å². The molecule has 0 unspecified atom stereocenters. The third-order valence-electron chi connectivity index (χ3n) is 3.22. The first-order valence-electron chi connectivity index (χ1n) is 6.37. The number of cyclic esters (lactones) is 2. The number of carbonyl (C=O) groups excluding carboxylic acids is 2. The van der Waals surface area contributed by atoms with Crippen LogP contribution in [-0.4, -0.2) is 18.0 Å². The largest absolute Gasteiger partial charge is 0.509 e. The van der Waals surface area contributed by atoms with Crippen LogP contribution in [0.25, 0.3) is 0 Å². The summed E-state index contributed by atoms with van der Waals surface area (Å²) in [4.78, 5) is 23.9. The van der Waals surface area contributed by atoms with E-state index < -0.39 is 18.4 Å². The highest BCUT2D eigenvalue weighted by atomic mass is 35.5. The van der Waals surface area contributed by atoms with Gasteiger partial charge in [0.1, 0.15) is 0 Å². The van der Waals surface area contributed by atoms with Crippen molar-refractivity contribution >= 4 is 23.5 Å². The van der Waals surface area contributed by atoms with Crippen molar-refractivity contribution in [3.8, 4) is 0 Å². The van der Waals surface area contributed by atoms with Crippen LogP contribution < -0.4 is 0 Å². The number of rotatable bonds is 3. The Morgan fingerprint density at radius 2 is 1.76 bits per heavy atom. The number of ether oxygens (including phenoxy) is 2. The molecule has 1 fully saturated rings. The lowest BCUT2D eigenvalue weighted by atomic mass is 9.97. The normalized spacial score (nSPS) is 20.7. The minimum absolute atomic E-state index is 0.300. The van der Waals surface area contributed by atoms with Gasteiger partial charge < -0.3 is 9.47 Å². The first-order valence-corrected chi connectivity index (χ1v) is 6.75. The number of halogens is 1. The van der Waals surface area contributed by atoms with Crippen LogP contribution in [0, 0.1) is 0 Å². The first kappa shape index (κ1) is 13.6. The molecule has 3 rings (SSSR count). The Kier molecular flexibility index (Phi) is 3.62. The number of carbonyl (C=O) groups is 2. The molecule has 1 aliphatic heterocycles. The maximum absolute atomic E-state index is 12.5. The average Bonchev–Trinajstić information content (AvgIpc) is 2.89. The summed E-state index contributed by atoms with van der Waals surface area (Å²) < 4.78 is 10.1. The lowest BCUT2D eigenvalue weighted by Gasteiger charge is -2.15. The molecule has 0 spiro atoms. The zero-order valence-corrected chi connectivity index (χ0v) is 11.6. The summed E-state index contributed by atoms with van der Waals surface area (Å²) in [5.74, 6) is -0.300. The summed E-state index contributed by atoms with van der Waals surface area (Å²) in [6, 6.07) is 15.5. The third kappa shape index (κ3) is 2.76. The Balaban J connectivity index is 1.93. The molecule has 1 aliphatic rings. The van der Waals surface area contributed by atoms with E-state index in [-0.39, 0.29) is 5.78 Å². The zero-order chi connectivity index (χ0) is 14.8. The van der Waals surface area contributed by atoms with E-state index in [4.69, 9.17) is 21.1 Å². The van der Waals surface area contributed by atoms with Gasteiger partial charge in [0.25, 0.3) is 0 Å². The fourth-order valence-corrected chi connectivity index (χ4v) is 2.44. The van der Waals surface area contributed by atoms with Crippen LogP contribution in [0.4, 0.5) is 4.79 Å². The van der Waals surface area contributed by atoms with Crippen molar-refractivity contribution in [3.63, 3.8) is 0 Å². The van der Waals surface area contributed by atoms with Gasteiger partial charge in [-0.1, -0.05) is 54.1 Å². The number of Topliss-reactive ketones (excluding diaryl/α,β-unsaturated/α-hetero) is 1. The Morgan fingerprint density at radius 3 is 2.48 bits per heavy atom. The van der Waals surface area contributed by atoms with Crippen LogP contribution in [-0.2, 0) is 9.47 Å². The minimum Gasteiger partial charge on any atom is -0.422 e. The smallest absolute Gasteiger partial charge is 0.422 e. The molecule has 0 radical (unpaired) electrons. The molecule has 1 saturated heterocycles. The summed E-state index contributed by atoms with van der Waals surface area (Å²) in [5, 5.41) is 0.501. The zero-order valence-electron chi connectivity index (χ0n) is 10.9. The molecule has 2 atom stereocenters. The molecular weight excluding hydrogens is 292 g/mol. The number of ketones is 1. The van der Waals surface area contributed by atoms with E-state index in [2.05, 4.69) is 0 Å². The van der Waals surface area contributed by atoms with E-state index in [0.29, 0.717) is 16.1 Å². The molecule has 0 bridgehead atoms. The molecule has 0 amide bonds. The molecule has 21 heavy (non-hydrogen) atoms. The second-order valence-electron chi connectivity index (χ2n) is 4.61. The predicted molar refractivity (Wildman–Crippen MR) is 76.3 cm³/mol. The van der Waals surface area contributed by atoms with Crippen molar-refractivity contribution in [2.24, 2.45) is 0 Å². The van der Waals surface area contributed by atoms with Gasteiger partial charge in [-0.3, -0.25) is 4.79 Å². The quantitative estimate of drug-likeness (QED) is 0.639. The number of hydrogen-bond donors (Lipinski definition) is 0. The van der Waals surface area contributed by atoms with Crippen molar-refractivity contribution in [2.75, 3.05) is 0 Å². The topological polar surface area (TPSA) is 52.6 Å². The molecule has 4 nitrogen and oxygen atoms in total. The summed E-state index contributed by atoms with van der Waals surface area (Å²) >= 11 is 5.94. The summed E-state index contributed by atoms with van der Waals surface area (Å²) in [6.07, 6.45) is -2.64. The predicted octanol–water partition coefficient (Wildman–Crippen LogP) is 3.80. The fourth-order valence-electron chi connectivity index (χ4n) is 2.24. The standard InChI is InChI=1S/C16H11ClO4/c17-12-8-4-7-11(9-12)14-15(21-16(19)20-14)13(18)10-5-2-1-3-6-10/h1-9,14-15H/t14-,15-/m0/s1. The SMILES string of the molecule is O=C1O[C@@H](C(=O)c2ccccc2)[C@H](c2cccc(Cl)c2)O1. The van der Waals surface area contributed by atoms with Gasteiger partial charge >= 0.3 is 6.16 Å². The van der Waals surface area contributed by atoms with E-state index in [1.165, 1.54) is 0 Å². The van der Waals surface area contributed by atoms with E-state index in [1.54, 1.807) is 48.5 Å². The molecule has 0 aromatic heterocycles. The van der Waals surface area contributed by atoms with Crippen molar-refractivity contribution < 1.29 is 19.1 Å². The fraction of sp³-hybridized carbons (Fsp3) is 0.125. The minimum atomic E-state index is -1.00. The van der Waals surface area contributed by atoms with Gasteiger partial charge in [-0.2, -0.15) is 0 Å². The molecule has 0 N–H and O–H groups in total. The highest BCUT2D eigenvalue weighted by molar-refractivity contribution is 6.30. The third-order valence-corrected chi connectivity index (χ3v) is 3.45. The number of hydrogen-bond acceptors (Lipinski definition) is 4. The molecule has 2 aromatic carbocycles. The average molecular weight is 303 g/mol. The summed E-state index contributed by atoms with van der Waals surface area (Å²) in [6.45, 7) is 0. The molecule has 0 aliphatic carbocycles. The van der Waals surface area contributed by atoms with Crippen molar-refractivity contribution in [3.05, 3.63) is 70.7 Å². The maximum atomic E-state index is 12.5. The highest BCUT2D eigenvalue weighted by Gasteiger charge is 2.43. The lowest BCUT2D eigenvalue weighted by Crippen LogP contribution is -2.26. The van der Waals surface area contributed by atoms with Gasteiger partial charge in [0.2, 0.25) is 11.9 Å². The second-order valence-corrected chi connectivity index (χ2v) is 5.05. The Labute approximate surface area is 126 Å². The molecule has 106 valence electrons. The van der Waals surface area contributed by atoms with Gasteiger partial charge in [-0.25, -0.2) is 4.79 Å². The van der Waals surface area contributed by atoms with Crippen LogP contribution in [0.2, 0.25) is 5.02 Å². The second kappa shape index (κ2) is 5.58. The van der Waals surface area contributed by atoms with Crippen LogP contribution in [0.1, 0.15) is 22.0 Å². The van der Waals surface area contributed by atoms with Crippen molar-refractivity contribution in [1.82, 2.24) is 0 Å². The summed E-state index contributed by atoms with van der Waals surface area (Å²) in [5.41, 5.74) is 1.09. The van der Waals surface area contributed by atoms with Gasteiger partial charge in [-0.05, 0) is 17.7 Å². The lowest BCUT2D eigenvalue weighted by molar-refractivity contribution is 0.0716. The Hall–Kier alpha value is -2.33. The van der Waals surface area contributed by atoms with Crippen LogP contribution in [0.15, 0.2) is 54.6 Å². The van der Waals surface area contributed by atoms with Crippen LogP contribution in [0.3, 0.4) is 0 Å².